The zero-order valence-corrected chi connectivity index (χ0v) is 13.6. The average molecular weight is 284 g/mol. The van der Waals surface area contributed by atoms with Gasteiger partial charge in [0.1, 0.15) is 5.54 Å². The fourth-order valence-electron chi connectivity index (χ4n) is 2.53. The number of carboxylic acids is 1. The number of unbranched alkanes of at least 4 members (excludes halogenated alkanes) is 1. The molecule has 20 heavy (non-hydrogen) atoms. The standard InChI is InChI=1S/C16H32N2O2/c1-5-13(2)12-18(4)11-7-6-10-16(3,15(19)20)17-14-8-9-14/h13-14,17H,5-12H2,1-4H3,(H,19,20). The van der Waals surface area contributed by atoms with Gasteiger partial charge in [-0.1, -0.05) is 20.3 Å². The lowest BCUT2D eigenvalue weighted by Crippen LogP contribution is -2.50. The summed E-state index contributed by atoms with van der Waals surface area (Å²) in [5.74, 6) is 0.0261. The molecule has 4 nitrogen and oxygen atoms in total. The van der Waals surface area contributed by atoms with Crippen LogP contribution in [0.2, 0.25) is 0 Å². The van der Waals surface area contributed by atoms with Crippen molar-refractivity contribution in [2.24, 2.45) is 5.92 Å². The summed E-state index contributed by atoms with van der Waals surface area (Å²) in [5, 5.41) is 12.7. The van der Waals surface area contributed by atoms with E-state index < -0.39 is 11.5 Å². The van der Waals surface area contributed by atoms with E-state index in [2.05, 4.69) is 31.1 Å². The molecule has 0 aromatic carbocycles. The number of nitrogens with zero attached hydrogens (tertiary/aromatic N) is 1. The molecule has 4 heteroatoms. The molecule has 1 aliphatic carbocycles. The summed E-state index contributed by atoms with van der Waals surface area (Å²) >= 11 is 0. The second-order valence-electron chi connectivity index (χ2n) is 6.79. The molecular weight excluding hydrogens is 252 g/mol. The molecule has 0 aromatic heterocycles. The van der Waals surface area contributed by atoms with Crippen LogP contribution in [0.1, 0.15) is 59.3 Å². The Hall–Kier alpha value is -0.610. The van der Waals surface area contributed by atoms with E-state index in [-0.39, 0.29) is 0 Å². The lowest BCUT2D eigenvalue weighted by atomic mass is 9.94. The minimum absolute atomic E-state index is 0.434. The van der Waals surface area contributed by atoms with E-state index in [1.54, 1.807) is 0 Å². The van der Waals surface area contributed by atoms with Gasteiger partial charge in [0.05, 0.1) is 0 Å². The Kier molecular flexibility index (Phi) is 6.96. The molecule has 2 unspecified atom stereocenters. The quantitative estimate of drug-likeness (QED) is 0.573. The highest BCUT2D eigenvalue weighted by atomic mass is 16.4. The molecule has 118 valence electrons. The maximum atomic E-state index is 11.4. The predicted octanol–water partition coefficient (Wildman–Crippen LogP) is 2.73. The van der Waals surface area contributed by atoms with Crippen molar-refractivity contribution in [2.45, 2.75) is 70.9 Å². The zero-order valence-electron chi connectivity index (χ0n) is 13.6. The van der Waals surface area contributed by atoms with Crippen LogP contribution >= 0.6 is 0 Å². The molecule has 0 heterocycles. The molecule has 1 fully saturated rings. The minimum atomic E-state index is -0.740. The molecule has 2 N–H and O–H groups in total. The third-order valence-electron chi connectivity index (χ3n) is 4.36. The van der Waals surface area contributed by atoms with Crippen molar-refractivity contribution >= 4 is 5.97 Å². The van der Waals surface area contributed by atoms with Crippen molar-refractivity contribution in [3.05, 3.63) is 0 Å². The van der Waals surface area contributed by atoms with Crippen LogP contribution in [0.3, 0.4) is 0 Å². The van der Waals surface area contributed by atoms with Gasteiger partial charge in [-0.15, -0.1) is 0 Å². The van der Waals surface area contributed by atoms with Crippen LogP contribution in [0, 0.1) is 5.92 Å². The Morgan fingerprint density at radius 2 is 2.10 bits per heavy atom. The first-order valence-corrected chi connectivity index (χ1v) is 8.07. The van der Waals surface area contributed by atoms with Crippen LogP contribution in [0.5, 0.6) is 0 Å². The summed E-state index contributed by atoms with van der Waals surface area (Å²) in [7, 11) is 2.16. The van der Waals surface area contributed by atoms with Crippen molar-refractivity contribution in [3.8, 4) is 0 Å². The summed E-state index contributed by atoms with van der Waals surface area (Å²) in [6.45, 7) is 8.52. The maximum Gasteiger partial charge on any atom is 0.323 e. The van der Waals surface area contributed by atoms with Crippen molar-refractivity contribution < 1.29 is 9.90 Å². The molecule has 1 saturated carbocycles. The molecule has 0 amide bonds. The molecule has 0 spiro atoms. The van der Waals surface area contributed by atoms with Crippen molar-refractivity contribution in [2.75, 3.05) is 20.1 Å². The molecule has 1 rings (SSSR count). The van der Waals surface area contributed by atoms with Gasteiger partial charge in [0.25, 0.3) is 0 Å². The Labute approximate surface area is 123 Å². The number of carbonyl (C=O) groups is 1. The topological polar surface area (TPSA) is 52.6 Å². The third kappa shape index (κ3) is 6.23. The third-order valence-corrected chi connectivity index (χ3v) is 4.36. The zero-order chi connectivity index (χ0) is 15.2. The van der Waals surface area contributed by atoms with E-state index >= 15 is 0 Å². The number of nitrogens with one attached hydrogen (secondary N) is 1. The lowest BCUT2D eigenvalue weighted by Gasteiger charge is -2.27. The number of hydrogen-bond donors (Lipinski definition) is 2. The van der Waals surface area contributed by atoms with Crippen LogP contribution in [-0.4, -0.2) is 47.7 Å². The highest BCUT2D eigenvalue weighted by molar-refractivity contribution is 5.78. The lowest BCUT2D eigenvalue weighted by molar-refractivity contribution is -0.144. The number of rotatable bonds is 11. The van der Waals surface area contributed by atoms with Crippen molar-refractivity contribution in [1.82, 2.24) is 10.2 Å². The molecule has 0 saturated heterocycles. The summed E-state index contributed by atoms with van der Waals surface area (Å²) < 4.78 is 0. The minimum Gasteiger partial charge on any atom is -0.480 e. The van der Waals surface area contributed by atoms with Gasteiger partial charge in [-0.3, -0.25) is 10.1 Å². The molecular formula is C16H32N2O2. The van der Waals surface area contributed by atoms with Gasteiger partial charge < -0.3 is 10.0 Å². The number of aliphatic carboxylic acids is 1. The van der Waals surface area contributed by atoms with E-state index in [4.69, 9.17) is 0 Å². The smallest absolute Gasteiger partial charge is 0.323 e. The normalized spacial score (nSPS) is 19.9. The first kappa shape index (κ1) is 17.4. The maximum absolute atomic E-state index is 11.4. The van der Waals surface area contributed by atoms with Gasteiger partial charge in [-0.05, 0) is 58.5 Å². The number of carboxylic acid groups (broad SMARTS) is 1. The van der Waals surface area contributed by atoms with Crippen molar-refractivity contribution in [1.29, 1.82) is 0 Å². The first-order chi connectivity index (χ1) is 9.37. The fraction of sp³-hybridized carbons (Fsp3) is 0.938. The van der Waals surface area contributed by atoms with E-state index in [1.165, 1.54) is 6.42 Å². The second-order valence-corrected chi connectivity index (χ2v) is 6.79. The van der Waals surface area contributed by atoms with Crippen LogP contribution in [0.4, 0.5) is 0 Å². The van der Waals surface area contributed by atoms with Crippen LogP contribution in [0.25, 0.3) is 0 Å². The largest absolute Gasteiger partial charge is 0.480 e. The Balaban J connectivity index is 2.21. The SMILES string of the molecule is CCC(C)CN(C)CCCCC(C)(NC1CC1)C(=O)O. The van der Waals surface area contributed by atoms with Gasteiger partial charge in [-0.2, -0.15) is 0 Å². The average Bonchev–Trinajstić information content (AvgIpc) is 3.18. The highest BCUT2D eigenvalue weighted by Crippen LogP contribution is 2.25. The van der Waals surface area contributed by atoms with Crippen LogP contribution in [0.15, 0.2) is 0 Å². The number of hydrogen-bond acceptors (Lipinski definition) is 3. The summed E-state index contributed by atoms with van der Waals surface area (Å²) in [6.07, 6.45) is 6.22. The summed E-state index contributed by atoms with van der Waals surface area (Å²) in [4.78, 5) is 13.8. The van der Waals surface area contributed by atoms with Gasteiger partial charge in [0.15, 0.2) is 0 Å². The second kappa shape index (κ2) is 7.99. The summed E-state index contributed by atoms with van der Waals surface area (Å²) in [6, 6.07) is 0.434. The first-order valence-electron chi connectivity index (χ1n) is 8.07. The Morgan fingerprint density at radius 1 is 1.45 bits per heavy atom. The van der Waals surface area contributed by atoms with Crippen molar-refractivity contribution in [3.63, 3.8) is 0 Å². The summed E-state index contributed by atoms with van der Waals surface area (Å²) in [5.41, 5.74) is -0.740. The van der Waals surface area contributed by atoms with E-state index in [0.29, 0.717) is 6.04 Å². The highest BCUT2D eigenvalue weighted by Gasteiger charge is 2.37. The van der Waals surface area contributed by atoms with Gasteiger partial charge in [0.2, 0.25) is 0 Å². The fourth-order valence-corrected chi connectivity index (χ4v) is 2.53. The molecule has 2 atom stereocenters. The monoisotopic (exact) mass is 284 g/mol. The van der Waals surface area contributed by atoms with Gasteiger partial charge in [0, 0.05) is 12.6 Å². The Morgan fingerprint density at radius 3 is 2.60 bits per heavy atom. The van der Waals surface area contributed by atoms with Crippen LogP contribution < -0.4 is 5.32 Å². The van der Waals surface area contributed by atoms with E-state index in [0.717, 1.165) is 51.1 Å². The van der Waals surface area contributed by atoms with E-state index in [9.17, 15) is 9.90 Å². The van der Waals surface area contributed by atoms with Gasteiger partial charge >= 0.3 is 5.97 Å². The Bertz CT molecular complexity index is 305. The predicted molar refractivity (Wildman–Crippen MR) is 83.0 cm³/mol. The molecule has 0 bridgehead atoms. The molecule has 0 aromatic rings. The van der Waals surface area contributed by atoms with Crippen LogP contribution in [-0.2, 0) is 4.79 Å². The molecule has 0 aliphatic heterocycles. The van der Waals surface area contributed by atoms with Gasteiger partial charge in [-0.25, -0.2) is 0 Å². The van der Waals surface area contributed by atoms with E-state index in [1.807, 2.05) is 6.92 Å². The molecule has 0 radical (unpaired) electrons. The molecule has 1 aliphatic rings.